The van der Waals surface area contributed by atoms with Gasteiger partial charge in [0.05, 0.1) is 0 Å². The molecule has 1 rings (SSSR count). The zero-order valence-corrected chi connectivity index (χ0v) is 6.56. The normalized spacial score (nSPS) is 18.2. The molecule has 0 bridgehead atoms. The maximum atomic E-state index is 11.8. The van der Waals surface area contributed by atoms with Crippen molar-refractivity contribution >= 4 is 5.91 Å². The highest BCUT2D eigenvalue weighted by molar-refractivity contribution is 5.91. The van der Waals surface area contributed by atoms with Crippen LogP contribution in [-0.2, 0) is 4.79 Å². The number of nitrogens with two attached hydrogens (primary N) is 1. The second-order valence-electron chi connectivity index (χ2n) is 2.59. The summed E-state index contributed by atoms with van der Waals surface area (Å²) in [6, 6.07) is 0. The average molecular weight is 195 g/mol. The Morgan fingerprint density at radius 2 is 2.31 bits per heavy atom. The molecular weight excluding hydrogens is 187 g/mol. The van der Waals surface area contributed by atoms with Gasteiger partial charge in [0.15, 0.2) is 0 Å². The third-order valence-electron chi connectivity index (χ3n) is 1.43. The van der Waals surface area contributed by atoms with Crippen LogP contribution in [0.5, 0.6) is 0 Å². The number of amides is 1. The fourth-order valence-electron chi connectivity index (χ4n) is 0.939. The number of primary amides is 1. The lowest BCUT2D eigenvalue weighted by Crippen LogP contribution is -2.41. The first-order chi connectivity index (χ1) is 5.88. The molecule has 1 aliphatic heterocycles. The lowest BCUT2D eigenvalue weighted by atomic mass is 10.4. The molecule has 0 saturated heterocycles. The Hall–Kier alpha value is -1.24. The molecule has 3 N–H and O–H groups in total. The first kappa shape index (κ1) is 9.85. The van der Waals surface area contributed by atoms with Crippen LogP contribution < -0.4 is 11.2 Å². The number of halogens is 3. The number of carbonyl (C=O) groups excluding carboxylic acids is 1. The number of hydrazine groups is 1. The van der Waals surface area contributed by atoms with Crippen LogP contribution in [0.1, 0.15) is 0 Å². The molecule has 0 aromatic heterocycles. The fraction of sp³-hybridized carbons (Fsp3) is 0.500. The first-order valence-electron chi connectivity index (χ1n) is 3.47. The highest BCUT2D eigenvalue weighted by Gasteiger charge is 2.32. The molecular formula is C6H8F3N3O. The minimum Gasteiger partial charge on any atom is -0.364 e. The molecule has 1 aliphatic rings. The van der Waals surface area contributed by atoms with Crippen LogP contribution >= 0.6 is 0 Å². The smallest absolute Gasteiger partial charge is 0.364 e. The van der Waals surface area contributed by atoms with E-state index in [2.05, 4.69) is 5.43 Å². The van der Waals surface area contributed by atoms with Gasteiger partial charge in [0.25, 0.3) is 5.91 Å². The molecule has 4 nitrogen and oxygen atoms in total. The summed E-state index contributed by atoms with van der Waals surface area (Å²) in [5.74, 6) is -0.760. The maximum Gasteiger partial charge on any atom is 0.403 e. The van der Waals surface area contributed by atoms with Crippen LogP contribution in [0, 0.1) is 0 Å². The van der Waals surface area contributed by atoms with Gasteiger partial charge in [-0.1, -0.05) is 0 Å². The molecule has 0 fully saturated rings. The van der Waals surface area contributed by atoms with Crippen molar-refractivity contribution in [2.45, 2.75) is 6.18 Å². The number of hydrogen-bond acceptors (Lipinski definition) is 3. The molecule has 74 valence electrons. The maximum absolute atomic E-state index is 11.8. The molecule has 13 heavy (non-hydrogen) atoms. The topological polar surface area (TPSA) is 58.4 Å². The monoisotopic (exact) mass is 195 g/mol. The van der Waals surface area contributed by atoms with Gasteiger partial charge < -0.3 is 11.2 Å². The minimum absolute atomic E-state index is 0.00394. The van der Waals surface area contributed by atoms with E-state index in [0.29, 0.717) is 0 Å². The molecule has 0 aliphatic carbocycles. The number of hydrogen-bond donors (Lipinski definition) is 2. The van der Waals surface area contributed by atoms with E-state index in [1.807, 2.05) is 0 Å². The molecule has 0 radical (unpaired) electrons. The van der Waals surface area contributed by atoms with Crippen LogP contribution in [0.2, 0.25) is 0 Å². The number of carbonyl (C=O) groups is 1. The van der Waals surface area contributed by atoms with E-state index < -0.39 is 18.6 Å². The quantitative estimate of drug-likeness (QED) is 0.638. The Morgan fingerprint density at radius 1 is 1.69 bits per heavy atom. The summed E-state index contributed by atoms with van der Waals surface area (Å²) in [4.78, 5) is 10.5. The van der Waals surface area contributed by atoms with E-state index in [1.165, 1.54) is 6.08 Å². The van der Waals surface area contributed by atoms with E-state index in [9.17, 15) is 18.0 Å². The molecule has 0 atom stereocenters. The summed E-state index contributed by atoms with van der Waals surface area (Å²) >= 11 is 0. The Kier molecular flexibility index (Phi) is 2.46. The van der Waals surface area contributed by atoms with E-state index in [1.54, 1.807) is 0 Å². The fourth-order valence-corrected chi connectivity index (χ4v) is 0.939. The third-order valence-corrected chi connectivity index (χ3v) is 1.43. The highest BCUT2D eigenvalue weighted by Crippen LogP contribution is 2.17. The number of rotatable bonds is 2. The van der Waals surface area contributed by atoms with Crippen LogP contribution in [-0.4, -0.2) is 30.2 Å². The number of alkyl halides is 3. The van der Waals surface area contributed by atoms with Gasteiger partial charge in [-0.05, 0) is 6.08 Å². The first-order valence-corrected chi connectivity index (χ1v) is 3.47. The van der Waals surface area contributed by atoms with Crippen molar-refractivity contribution in [1.29, 1.82) is 0 Å². The molecule has 1 amide bonds. The summed E-state index contributed by atoms with van der Waals surface area (Å²) in [6.45, 7) is -1.09. The van der Waals surface area contributed by atoms with Gasteiger partial charge in [-0.25, -0.2) is 5.01 Å². The SMILES string of the molecule is NC(=O)C1=CCN(CC(F)(F)F)N1. The lowest BCUT2D eigenvalue weighted by Gasteiger charge is -2.18. The third kappa shape index (κ3) is 2.94. The largest absolute Gasteiger partial charge is 0.403 e. The van der Waals surface area contributed by atoms with Gasteiger partial charge in [0, 0.05) is 6.54 Å². The van der Waals surface area contributed by atoms with E-state index in [4.69, 9.17) is 5.73 Å². The highest BCUT2D eigenvalue weighted by atomic mass is 19.4. The van der Waals surface area contributed by atoms with Crippen LogP contribution in [0.4, 0.5) is 13.2 Å². The molecule has 0 saturated carbocycles. The minimum atomic E-state index is -4.28. The Balaban J connectivity index is 2.42. The average Bonchev–Trinajstić information content (AvgIpc) is 2.31. The standard InChI is InChI=1S/C6H8F3N3O/c7-6(8,9)3-12-2-1-4(11-12)5(10)13/h1,11H,2-3H2,(H2,10,13). The summed E-state index contributed by atoms with van der Waals surface area (Å²) in [7, 11) is 0. The Labute approximate surface area is 72.1 Å². The van der Waals surface area contributed by atoms with E-state index >= 15 is 0 Å². The predicted octanol–water partition coefficient (Wildman–Crippen LogP) is -0.262. The second-order valence-corrected chi connectivity index (χ2v) is 2.59. The van der Waals surface area contributed by atoms with Crippen molar-refractivity contribution in [3.63, 3.8) is 0 Å². The lowest BCUT2D eigenvalue weighted by molar-refractivity contribution is -0.149. The van der Waals surface area contributed by atoms with E-state index in [0.717, 1.165) is 5.01 Å². The molecule has 1 heterocycles. The van der Waals surface area contributed by atoms with Crippen LogP contribution in [0.15, 0.2) is 11.8 Å². The molecule has 0 aromatic rings. The zero-order chi connectivity index (χ0) is 10.1. The summed E-state index contributed by atoms with van der Waals surface area (Å²) in [5.41, 5.74) is 7.10. The van der Waals surface area contributed by atoms with Crippen molar-refractivity contribution in [3.05, 3.63) is 11.8 Å². The molecule has 0 aromatic carbocycles. The van der Waals surface area contributed by atoms with Gasteiger partial charge in [0.2, 0.25) is 0 Å². The van der Waals surface area contributed by atoms with Crippen molar-refractivity contribution in [1.82, 2.24) is 10.4 Å². The summed E-state index contributed by atoms with van der Waals surface area (Å²) < 4.78 is 35.4. The summed E-state index contributed by atoms with van der Waals surface area (Å²) in [6.07, 6.45) is -2.97. The van der Waals surface area contributed by atoms with Crippen molar-refractivity contribution in [2.75, 3.05) is 13.1 Å². The van der Waals surface area contributed by atoms with Crippen LogP contribution in [0.3, 0.4) is 0 Å². The van der Waals surface area contributed by atoms with E-state index in [-0.39, 0.29) is 12.2 Å². The van der Waals surface area contributed by atoms with Crippen molar-refractivity contribution in [2.24, 2.45) is 5.73 Å². The molecule has 0 spiro atoms. The second kappa shape index (κ2) is 3.25. The predicted molar refractivity (Wildman–Crippen MR) is 38.0 cm³/mol. The van der Waals surface area contributed by atoms with Gasteiger partial charge in [-0.3, -0.25) is 4.79 Å². The van der Waals surface area contributed by atoms with Crippen molar-refractivity contribution in [3.8, 4) is 0 Å². The summed E-state index contributed by atoms with van der Waals surface area (Å²) in [5, 5.41) is 0.861. The Bertz CT molecular complexity index is 248. The zero-order valence-electron chi connectivity index (χ0n) is 6.56. The Morgan fingerprint density at radius 3 is 2.69 bits per heavy atom. The number of nitrogens with one attached hydrogen (secondary N) is 1. The van der Waals surface area contributed by atoms with Crippen LogP contribution in [0.25, 0.3) is 0 Å². The molecule has 0 unspecified atom stereocenters. The van der Waals surface area contributed by atoms with Gasteiger partial charge in [-0.2, -0.15) is 13.2 Å². The van der Waals surface area contributed by atoms with Gasteiger partial charge >= 0.3 is 6.18 Å². The van der Waals surface area contributed by atoms with Gasteiger partial charge in [-0.15, -0.1) is 0 Å². The molecule has 7 heteroatoms. The number of nitrogens with zero attached hydrogens (tertiary/aromatic N) is 1. The van der Waals surface area contributed by atoms with Crippen molar-refractivity contribution < 1.29 is 18.0 Å². The van der Waals surface area contributed by atoms with Gasteiger partial charge in [0.1, 0.15) is 12.2 Å².